The SMILES string of the molecule is O=C(Nc1cc(Cl)ccc1Cl)C1CNC2=C(CCC=C2)C1. The van der Waals surface area contributed by atoms with E-state index in [4.69, 9.17) is 23.2 Å². The average Bonchev–Trinajstić information content (AvgIpc) is 2.50. The molecule has 0 bridgehead atoms. The molecule has 0 aromatic heterocycles. The molecule has 5 heteroatoms. The van der Waals surface area contributed by atoms with Crippen LogP contribution >= 0.6 is 23.2 Å². The zero-order valence-electron chi connectivity index (χ0n) is 11.5. The second-order valence-electron chi connectivity index (χ2n) is 5.35. The molecule has 0 saturated heterocycles. The lowest BCUT2D eigenvalue weighted by Gasteiger charge is -2.28. The zero-order chi connectivity index (χ0) is 14.8. The summed E-state index contributed by atoms with van der Waals surface area (Å²) < 4.78 is 0. The number of nitrogens with one attached hydrogen (secondary N) is 2. The van der Waals surface area contributed by atoms with E-state index in [1.807, 2.05) is 0 Å². The van der Waals surface area contributed by atoms with E-state index in [0.717, 1.165) is 19.3 Å². The number of halogens is 2. The van der Waals surface area contributed by atoms with Crippen molar-refractivity contribution in [2.24, 2.45) is 5.92 Å². The standard InChI is InChI=1S/C16H16Cl2N2O/c17-12-5-6-13(18)15(8-12)20-16(21)11-7-10-3-1-2-4-14(10)19-9-11/h2,4-6,8,11,19H,1,3,7,9H2,(H,20,21). The summed E-state index contributed by atoms with van der Waals surface area (Å²) in [5.41, 5.74) is 3.09. The third-order valence-electron chi connectivity index (χ3n) is 3.87. The Labute approximate surface area is 134 Å². The molecule has 0 fully saturated rings. The molecular weight excluding hydrogens is 307 g/mol. The predicted octanol–water partition coefficient (Wildman–Crippen LogP) is 4.15. The van der Waals surface area contributed by atoms with Crippen LogP contribution in [0.4, 0.5) is 5.69 Å². The number of benzene rings is 1. The van der Waals surface area contributed by atoms with Gasteiger partial charge in [0, 0.05) is 17.3 Å². The highest BCUT2D eigenvalue weighted by atomic mass is 35.5. The van der Waals surface area contributed by atoms with Crippen LogP contribution < -0.4 is 10.6 Å². The molecule has 1 amide bonds. The van der Waals surface area contributed by atoms with E-state index in [-0.39, 0.29) is 11.8 Å². The van der Waals surface area contributed by atoms with Crippen LogP contribution in [0.3, 0.4) is 0 Å². The lowest BCUT2D eigenvalue weighted by molar-refractivity contribution is -0.119. The number of carbonyl (C=O) groups is 1. The molecule has 1 heterocycles. The topological polar surface area (TPSA) is 41.1 Å². The molecule has 2 N–H and O–H groups in total. The second-order valence-corrected chi connectivity index (χ2v) is 6.20. The van der Waals surface area contributed by atoms with Crippen molar-refractivity contribution >= 4 is 34.8 Å². The van der Waals surface area contributed by atoms with Gasteiger partial charge in [-0.05, 0) is 49.1 Å². The van der Waals surface area contributed by atoms with Crippen LogP contribution in [0, 0.1) is 5.92 Å². The Kier molecular flexibility index (Phi) is 4.22. The Morgan fingerprint density at radius 3 is 3.05 bits per heavy atom. The number of hydrogen-bond donors (Lipinski definition) is 2. The van der Waals surface area contributed by atoms with Crippen molar-refractivity contribution in [3.8, 4) is 0 Å². The molecule has 1 unspecified atom stereocenters. The van der Waals surface area contributed by atoms with Gasteiger partial charge >= 0.3 is 0 Å². The Hall–Kier alpha value is -1.45. The zero-order valence-corrected chi connectivity index (χ0v) is 13.0. The first-order chi connectivity index (χ1) is 10.1. The molecular formula is C16H16Cl2N2O. The van der Waals surface area contributed by atoms with Crippen molar-refractivity contribution in [1.82, 2.24) is 5.32 Å². The van der Waals surface area contributed by atoms with Gasteiger partial charge in [0.25, 0.3) is 0 Å². The molecule has 3 rings (SSSR count). The van der Waals surface area contributed by atoms with Crippen LogP contribution in [0.5, 0.6) is 0 Å². The van der Waals surface area contributed by atoms with E-state index in [1.165, 1.54) is 11.3 Å². The van der Waals surface area contributed by atoms with Gasteiger partial charge in [-0.1, -0.05) is 29.3 Å². The minimum atomic E-state index is -0.0784. The van der Waals surface area contributed by atoms with Crippen molar-refractivity contribution in [3.05, 3.63) is 51.7 Å². The van der Waals surface area contributed by atoms with Gasteiger partial charge < -0.3 is 10.6 Å². The average molecular weight is 323 g/mol. The van der Waals surface area contributed by atoms with Crippen LogP contribution in [0.1, 0.15) is 19.3 Å². The summed E-state index contributed by atoms with van der Waals surface area (Å²) in [6, 6.07) is 5.06. The fourth-order valence-corrected chi connectivity index (χ4v) is 3.06. The highest BCUT2D eigenvalue weighted by molar-refractivity contribution is 6.35. The molecule has 1 aliphatic heterocycles. The number of carbonyl (C=O) groups excluding carboxylic acids is 1. The lowest BCUT2D eigenvalue weighted by Crippen LogP contribution is -2.36. The van der Waals surface area contributed by atoms with Crippen LogP contribution in [0.2, 0.25) is 10.0 Å². The Bertz CT molecular complexity index is 637. The third-order valence-corrected chi connectivity index (χ3v) is 4.43. The Morgan fingerprint density at radius 1 is 1.33 bits per heavy atom. The molecule has 0 saturated carbocycles. The first-order valence-corrected chi connectivity index (χ1v) is 7.77. The van der Waals surface area contributed by atoms with Crippen molar-refractivity contribution in [2.75, 3.05) is 11.9 Å². The van der Waals surface area contributed by atoms with Gasteiger partial charge in [-0.3, -0.25) is 4.79 Å². The second kappa shape index (κ2) is 6.12. The minimum Gasteiger partial charge on any atom is -0.384 e. The van der Waals surface area contributed by atoms with Crippen LogP contribution in [0.25, 0.3) is 0 Å². The van der Waals surface area contributed by atoms with Gasteiger partial charge in [0.15, 0.2) is 0 Å². The first kappa shape index (κ1) is 14.5. The summed E-state index contributed by atoms with van der Waals surface area (Å²) in [4.78, 5) is 12.4. The molecule has 110 valence electrons. The molecule has 1 atom stereocenters. The maximum Gasteiger partial charge on any atom is 0.229 e. The molecule has 1 aliphatic carbocycles. The first-order valence-electron chi connectivity index (χ1n) is 7.02. The van der Waals surface area contributed by atoms with E-state index >= 15 is 0 Å². The highest BCUT2D eigenvalue weighted by Gasteiger charge is 2.26. The maximum absolute atomic E-state index is 12.4. The number of anilines is 1. The van der Waals surface area contributed by atoms with Gasteiger partial charge in [-0.25, -0.2) is 0 Å². The van der Waals surface area contributed by atoms with E-state index < -0.39 is 0 Å². The number of allylic oxidation sites excluding steroid dienone is 3. The minimum absolute atomic E-state index is 0.0206. The largest absolute Gasteiger partial charge is 0.384 e. The molecule has 21 heavy (non-hydrogen) atoms. The van der Waals surface area contributed by atoms with Gasteiger partial charge in [0.2, 0.25) is 5.91 Å². The van der Waals surface area contributed by atoms with E-state index in [1.54, 1.807) is 18.2 Å². The predicted molar refractivity (Wildman–Crippen MR) is 86.6 cm³/mol. The third kappa shape index (κ3) is 3.25. The lowest BCUT2D eigenvalue weighted by atomic mass is 9.88. The van der Waals surface area contributed by atoms with Crippen molar-refractivity contribution < 1.29 is 4.79 Å². The molecule has 1 aromatic carbocycles. The van der Waals surface area contributed by atoms with E-state index in [0.29, 0.717) is 22.3 Å². The van der Waals surface area contributed by atoms with Crippen LogP contribution in [-0.2, 0) is 4.79 Å². The summed E-state index contributed by atoms with van der Waals surface area (Å²) in [5, 5.41) is 7.27. The molecule has 1 aromatic rings. The summed E-state index contributed by atoms with van der Waals surface area (Å²) in [5.74, 6) is -0.0990. The molecule has 0 spiro atoms. The normalized spacial score (nSPS) is 20.8. The van der Waals surface area contributed by atoms with Crippen LogP contribution in [0.15, 0.2) is 41.6 Å². The summed E-state index contributed by atoms with van der Waals surface area (Å²) in [7, 11) is 0. The smallest absolute Gasteiger partial charge is 0.229 e. The summed E-state index contributed by atoms with van der Waals surface area (Å²) in [6.07, 6.45) is 7.16. The maximum atomic E-state index is 12.4. The van der Waals surface area contributed by atoms with E-state index in [9.17, 15) is 4.79 Å². The monoisotopic (exact) mass is 322 g/mol. The summed E-state index contributed by atoms with van der Waals surface area (Å²) in [6.45, 7) is 0.646. The van der Waals surface area contributed by atoms with Crippen molar-refractivity contribution in [3.63, 3.8) is 0 Å². The van der Waals surface area contributed by atoms with Gasteiger partial charge in [-0.15, -0.1) is 0 Å². The number of amides is 1. The molecule has 2 aliphatic rings. The number of hydrogen-bond acceptors (Lipinski definition) is 2. The Morgan fingerprint density at radius 2 is 2.19 bits per heavy atom. The van der Waals surface area contributed by atoms with Gasteiger partial charge in [0.1, 0.15) is 0 Å². The summed E-state index contributed by atoms with van der Waals surface area (Å²) >= 11 is 12.0. The quantitative estimate of drug-likeness (QED) is 0.858. The van der Waals surface area contributed by atoms with Gasteiger partial charge in [0.05, 0.1) is 16.6 Å². The van der Waals surface area contributed by atoms with E-state index in [2.05, 4.69) is 22.8 Å². The van der Waals surface area contributed by atoms with Crippen LogP contribution in [-0.4, -0.2) is 12.5 Å². The van der Waals surface area contributed by atoms with Gasteiger partial charge in [-0.2, -0.15) is 0 Å². The van der Waals surface area contributed by atoms with Crippen molar-refractivity contribution in [1.29, 1.82) is 0 Å². The van der Waals surface area contributed by atoms with Crippen molar-refractivity contribution in [2.45, 2.75) is 19.3 Å². The molecule has 3 nitrogen and oxygen atoms in total. The molecule has 0 radical (unpaired) electrons. The fourth-order valence-electron chi connectivity index (χ4n) is 2.72. The Balaban J connectivity index is 1.70. The number of rotatable bonds is 2. The highest BCUT2D eigenvalue weighted by Crippen LogP contribution is 2.30. The fraction of sp³-hybridized carbons (Fsp3) is 0.312.